The van der Waals surface area contributed by atoms with E-state index in [-0.39, 0.29) is 11.7 Å². The van der Waals surface area contributed by atoms with E-state index in [2.05, 4.69) is 12.0 Å². The van der Waals surface area contributed by atoms with Crippen LogP contribution in [0.1, 0.15) is 18.5 Å². The van der Waals surface area contributed by atoms with Crippen molar-refractivity contribution in [2.75, 3.05) is 6.54 Å². The lowest BCUT2D eigenvalue weighted by atomic mass is 10.1. The molecule has 2 aromatic rings. The van der Waals surface area contributed by atoms with E-state index in [1.807, 2.05) is 12.1 Å². The van der Waals surface area contributed by atoms with E-state index in [4.69, 9.17) is 5.73 Å². The summed E-state index contributed by atoms with van der Waals surface area (Å²) in [6, 6.07) is 8.96. The molecule has 4 nitrogen and oxygen atoms in total. The van der Waals surface area contributed by atoms with Crippen molar-refractivity contribution in [3.05, 3.63) is 42.2 Å². The Morgan fingerprint density at radius 2 is 2.25 bits per heavy atom. The van der Waals surface area contributed by atoms with Crippen molar-refractivity contribution in [1.29, 1.82) is 0 Å². The maximum atomic E-state index is 9.43. The molecule has 4 heteroatoms. The number of benzene rings is 1. The van der Waals surface area contributed by atoms with Gasteiger partial charge in [-0.15, -0.1) is 0 Å². The minimum absolute atomic E-state index is 0.236. The summed E-state index contributed by atoms with van der Waals surface area (Å²) in [7, 11) is 0. The number of phenols is 1. The molecule has 1 unspecified atom stereocenters. The highest BCUT2D eigenvalue weighted by atomic mass is 16.3. The molecule has 16 heavy (non-hydrogen) atoms. The Morgan fingerprint density at radius 1 is 1.44 bits per heavy atom. The highest BCUT2D eigenvalue weighted by molar-refractivity contribution is 5.39. The lowest BCUT2D eigenvalue weighted by Crippen LogP contribution is -2.13. The predicted octanol–water partition coefficient (Wildman–Crippen LogP) is 1.64. The first-order chi connectivity index (χ1) is 7.72. The van der Waals surface area contributed by atoms with Crippen LogP contribution in [0.5, 0.6) is 5.75 Å². The van der Waals surface area contributed by atoms with Gasteiger partial charge in [-0.1, -0.05) is 13.0 Å². The molecule has 1 aromatic heterocycles. The van der Waals surface area contributed by atoms with Gasteiger partial charge in [0.2, 0.25) is 0 Å². The molecule has 2 rings (SSSR count). The topological polar surface area (TPSA) is 64.1 Å². The zero-order valence-corrected chi connectivity index (χ0v) is 9.17. The van der Waals surface area contributed by atoms with Crippen LogP contribution in [0.4, 0.5) is 0 Å². The SMILES string of the molecule is CC(CN)c1ccnn1-c1cccc(O)c1. The third kappa shape index (κ3) is 1.92. The van der Waals surface area contributed by atoms with Gasteiger partial charge in [0.25, 0.3) is 0 Å². The quantitative estimate of drug-likeness (QED) is 0.821. The Bertz CT molecular complexity index is 479. The summed E-state index contributed by atoms with van der Waals surface area (Å²) < 4.78 is 1.80. The largest absolute Gasteiger partial charge is 0.508 e. The maximum Gasteiger partial charge on any atom is 0.117 e. The molecule has 0 saturated carbocycles. The number of nitrogens with zero attached hydrogens (tertiary/aromatic N) is 2. The van der Waals surface area contributed by atoms with Crippen molar-refractivity contribution in [3.8, 4) is 11.4 Å². The van der Waals surface area contributed by atoms with Gasteiger partial charge in [-0.25, -0.2) is 4.68 Å². The van der Waals surface area contributed by atoms with E-state index in [0.29, 0.717) is 6.54 Å². The molecule has 0 saturated heterocycles. The minimum atomic E-state index is 0.236. The first kappa shape index (κ1) is 10.7. The van der Waals surface area contributed by atoms with Crippen molar-refractivity contribution >= 4 is 0 Å². The van der Waals surface area contributed by atoms with Crippen molar-refractivity contribution < 1.29 is 5.11 Å². The second-order valence-electron chi connectivity index (χ2n) is 3.82. The van der Waals surface area contributed by atoms with Crippen LogP contribution in [0.2, 0.25) is 0 Å². The zero-order chi connectivity index (χ0) is 11.5. The van der Waals surface area contributed by atoms with Crippen LogP contribution < -0.4 is 5.73 Å². The lowest BCUT2D eigenvalue weighted by Gasteiger charge is -2.12. The molecule has 0 amide bonds. The highest BCUT2D eigenvalue weighted by Gasteiger charge is 2.11. The summed E-state index contributed by atoms with van der Waals surface area (Å²) in [6.45, 7) is 2.63. The Hall–Kier alpha value is -1.81. The second-order valence-corrected chi connectivity index (χ2v) is 3.82. The third-order valence-corrected chi connectivity index (χ3v) is 2.60. The van der Waals surface area contributed by atoms with Gasteiger partial charge in [-0.05, 0) is 18.2 Å². The summed E-state index contributed by atoms with van der Waals surface area (Å²) >= 11 is 0. The van der Waals surface area contributed by atoms with E-state index in [9.17, 15) is 5.11 Å². The van der Waals surface area contributed by atoms with Gasteiger partial charge in [-0.3, -0.25) is 0 Å². The Balaban J connectivity index is 2.44. The van der Waals surface area contributed by atoms with Crippen molar-refractivity contribution in [1.82, 2.24) is 9.78 Å². The molecule has 0 aliphatic carbocycles. The number of aromatic hydroxyl groups is 1. The average Bonchev–Trinajstić information content (AvgIpc) is 2.77. The molecule has 0 fully saturated rings. The smallest absolute Gasteiger partial charge is 0.117 e. The van der Waals surface area contributed by atoms with E-state index >= 15 is 0 Å². The van der Waals surface area contributed by atoms with Crippen LogP contribution in [-0.2, 0) is 0 Å². The summed E-state index contributed by atoms with van der Waals surface area (Å²) in [5, 5.41) is 13.7. The highest BCUT2D eigenvalue weighted by Crippen LogP contribution is 2.20. The first-order valence-corrected chi connectivity index (χ1v) is 5.25. The van der Waals surface area contributed by atoms with Crippen LogP contribution in [0.3, 0.4) is 0 Å². The standard InChI is InChI=1S/C12H15N3O/c1-9(8-13)12-5-6-14-15(12)10-3-2-4-11(16)7-10/h2-7,9,16H,8,13H2,1H3. The fraction of sp³-hybridized carbons (Fsp3) is 0.250. The van der Waals surface area contributed by atoms with Crippen LogP contribution in [-0.4, -0.2) is 21.4 Å². The minimum Gasteiger partial charge on any atom is -0.508 e. The molecule has 1 heterocycles. The molecule has 1 atom stereocenters. The summed E-state index contributed by atoms with van der Waals surface area (Å²) in [5.74, 6) is 0.476. The van der Waals surface area contributed by atoms with Gasteiger partial charge in [0.05, 0.1) is 5.69 Å². The second kappa shape index (κ2) is 4.37. The Labute approximate surface area is 94.3 Å². The van der Waals surface area contributed by atoms with Crippen molar-refractivity contribution in [3.63, 3.8) is 0 Å². The summed E-state index contributed by atoms with van der Waals surface area (Å²) in [4.78, 5) is 0. The van der Waals surface area contributed by atoms with E-state index in [0.717, 1.165) is 11.4 Å². The normalized spacial score (nSPS) is 12.6. The maximum absolute atomic E-state index is 9.43. The fourth-order valence-corrected chi connectivity index (χ4v) is 1.65. The first-order valence-electron chi connectivity index (χ1n) is 5.25. The van der Waals surface area contributed by atoms with Gasteiger partial charge in [0.15, 0.2) is 0 Å². The predicted molar refractivity (Wildman–Crippen MR) is 62.7 cm³/mol. The third-order valence-electron chi connectivity index (χ3n) is 2.60. The summed E-state index contributed by atoms with van der Waals surface area (Å²) in [6.07, 6.45) is 1.74. The number of nitrogens with two attached hydrogens (primary N) is 1. The molecule has 0 aliphatic heterocycles. The van der Waals surface area contributed by atoms with E-state index in [1.54, 1.807) is 29.1 Å². The van der Waals surface area contributed by atoms with Crippen LogP contribution in [0.25, 0.3) is 5.69 Å². The van der Waals surface area contributed by atoms with Gasteiger partial charge in [0.1, 0.15) is 5.75 Å². The number of phenolic OH excluding ortho intramolecular Hbond substituents is 1. The number of rotatable bonds is 3. The molecule has 3 N–H and O–H groups in total. The molecule has 0 radical (unpaired) electrons. The molecular weight excluding hydrogens is 202 g/mol. The Kier molecular flexibility index (Phi) is 2.92. The molecule has 1 aromatic carbocycles. The molecule has 0 aliphatic rings. The van der Waals surface area contributed by atoms with Crippen LogP contribution >= 0.6 is 0 Å². The Morgan fingerprint density at radius 3 is 2.94 bits per heavy atom. The lowest BCUT2D eigenvalue weighted by molar-refractivity contribution is 0.474. The van der Waals surface area contributed by atoms with Crippen molar-refractivity contribution in [2.45, 2.75) is 12.8 Å². The molecule has 0 spiro atoms. The molecular formula is C12H15N3O. The average molecular weight is 217 g/mol. The van der Waals surface area contributed by atoms with Crippen LogP contribution in [0.15, 0.2) is 36.5 Å². The van der Waals surface area contributed by atoms with Crippen molar-refractivity contribution in [2.24, 2.45) is 5.73 Å². The molecule has 0 bridgehead atoms. The van der Waals surface area contributed by atoms with Gasteiger partial charge >= 0.3 is 0 Å². The van der Waals surface area contributed by atoms with Gasteiger partial charge < -0.3 is 10.8 Å². The van der Waals surface area contributed by atoms with Gasteiger partial charge in [-0.2, -0.15) is 5.10 Å². The van der Waals surface area contributed by atoms with E-state index < -0.39 is 0 Å². The monoisotopic (exact) mass is 217 g/mol. The molecule has 84 valence electrons. The van der Waals surface area contributed by atoms with E-state index in [1.165, 1.54) is 0 Å². The fourth-order valence-electron chi connectivity index (χ4n) is 1.65. The van der Waals surface area contributed by atoms with Gasteiger partial charge in [0, 0.05) is 30.4 Å². The number of hydrogen-bond acceptors (Lipinski definition) is 3. The van der Waals surface area contributed by atoms with Crippen LogP contribution in [0, 0.1) is 0 Å². The zero-order valence-electron chi connectivity index (χ0n) is 9.17. The summed E-state index contributed by atoms with van der Waals surface area (Å²) in [5.41, 5.74) is 7.55. The number of hydrogen-bond donors (Lipinski definition) is 2. The number of aromatic nitrogens is 2.